The monoisotopic (exact) mass is 398 g/mol. The largest absolute Gasteiger partial charge is 0.445 e. The minimum atomic E-state index is -0.571. The number of nitrogens with one attached hydrogen (secondary N) is 3. The van der Waals surface area contributed by atoms with Crippen LogP contribution < -0.4 is 16.0 Å². The van der Waals surface area contributed by atoms with Crippen molar-refractivity contribution < 1.29 is 19.1 Å². The number of carbonyl (C=O) groups excluding carboxylic acids is 2. The lowest BCUT2D eigenvalue weighted by Gasteiger charge is -2.26. The second-order valence-electron chi connectivity index (χ2n) is 7.83. The van der Waals surface area contributed by atoms with Crippen molar-refractivity contribution in [2.75, 3.05) is 17.2 Å². The van der Waals surface area contributed by atoms with Gasteiger partial charge >= 0.3 is 12.2 Å². The number of carbonyl (C=O) groups is 2. The SMILES string of the molecule is CC(C)(C)OC(=O)Nc1cnc2c(c1)NC[C@@H](NC(=O)OCc1ccccc1)C2. The summed E-state index contributed by atoms with van der Waals surface area (Å²) < 4.78 is 10.5. The summed E-state index contributed by atoms with van der Waals surface area (Å²) in [6.07, 6.45) is 1.14. The highest BCUT2D eigenvalue weighted by molar-refractivity contribution is 5.85. The van der Waals surface area contributed by atoms with Crippen LogP contribution in [-0.2, 0) is 22.5 Å². The number of alkyl carbamates (subject to hydrolysis) is 1. The zero-order chi connectivity index (χ0) is 20.9. The van der Waals surface area contributed by atoms with Crippen LogP contribution in [0.15, 0.2) is 42.6 Å². The molecule has 0 saturated heterocycles. The first-order valence-electron chi connectivity index (χ1n) is 9.48. The summed E-state index contributed by atoms with van der Waals surface area (Å²) in [5.41, 5.74) is 2.52. The maximum atomic E-state index is 12.0. The highest BCUT2D eigenvalue weighted by Gasteiger charge is 2.22. The molecule has 0 spiro atoms. The standard InChI is InChI=1S/C21H26N4O4/c1-21(2,3)29-20(27)25-16-10-18-17(23-12-16)9-15(11-22-18)24-19(26)28-13-14-7-5-4-6-8-14/h4-8,10,12,15,22H,9,11,13H2,1-3H3,(H,24,26)(H,25,27)/t15-/m0/s1. The van der Waals surface area contributed by atoms with E-state index in [0.29, 0.717) is 18.7 Å². The van der Waals surface area contributed by atoms with Crippen LogP contribution in [0, 0.1) is 0 Å². The molecule has 1 aliphatic heterocycles. The van der Waals surface area contributed by atoms with Crippen LogP contribution in [0.1, 0.15) is 32.0 Å². The van der Waals surface area contributed by atoms with Gasteiger partial charge in [-0.05, 0) is 32.4 Å². The number of hydrogen-bond acceptors (Lipinski definition) is 6. The third kappa shape index (κ3) is 6.38. The van der Waals surface area contributed by atoms with Gasteiger partial charge in [-0.15, -0.1) is 0 Å². The first-order chi connectivity index (χ1) is 13.8. The zero-order valence-corrected chi connectivity index (χ0v) is 16.8. The number of fused-ring (bicyclic) bond motifs is 1. The maximum absolute atomic E-state index is 12.0. The number of aromatic nitrogens is 1. The molecule has 0 bridgehead atoms. The van der Waals surface area contributed by atoms with Gasteiger partial charge in [0.15, 0.2) is 0 Å². The average molecular weight is 398 g/mol. The fourth-order valence-electron chi connectivity index (χ4n) is 2.87. The highest BCUT2D eigenvalue weighted by atomic mass is 16.6. The quantitative estimate of drug-likeness (QED) is 0.726. The number of nitrogens with zero attached hydrogens (tertiary/aromatic N) is 1. The third-order valence-electron chi connectivity index (χ3n) is 4.13. The van der Waals surface area contributed by atoms with Gasteiger partial charge in [-0.3, -0.25) is 10.3 Å². The Morgan fingerprint density at radius 2 is 1.97 bits per heavy atom. The molecule has 3 N–H and O–H groups in total. The van der Waals surface area contributed by atoms with E-state index in [1.807, 2.05) is 30.3 Å². The fraction of sp³-hybridized carbons (Fsp3) is 0.381. The van der Waals surface area contributed by atoms with E-state index in [1.54, 1.807) is 33.0 Å². The lowest BCUT2D eigenvalue weighted by Crippen LogP contribution is -2.44. The van der Waals surface area contributed by atoms with Crippen LogP contribution >= 0.6 is 0 Å². The summed E-state index contributed by atoms with van der Waals surface area (Å²) in [5, 5.41) is 8.75. The third-order valence-corrected chi connectivity index (χ3v) is 4.13. The Kier molecular flexibility index (Phi) is 6.21. The van der Waals surface area contributed by atoms with Crippen LogP contribution in [0.5, 0.6) is 0 Å². The number of hydrogen-bond donors (Lipinski definition) is 3. The van der Waals surface area contributed by atoms with Crippen LogP contribution in [-0.4, -0.2) is 35.4 Å². The number of pyridine rings is 1. The van der Waals surface area contributed by atoms with Crippen LogP contribution in [0.25, 0.3) is 0 Å². The van der Waals surface area contributed by atoms with Gasteiger partial charge in [-0.2, -0.15) is 0 Å². The van der Waals surface area contributed by atoms with Crippen molar-refractivity contribution >= 4 is 23.6 Å². The Balaban J connectivity index is 1.50. The summed E-state index contributed by atoms with van der Waals surface area (Å²) in [6, 6.07) is 11.2. The molecular formula is C21H26N4O4. The zero-order valence-electron chi connectivity index (χ0n) is 16.8. The molecule has 0 aliphatic carbocycles. The van der Waals surface area contributed by atoms with Gasteiger partial charge in [0.25, 0.3) is 0 Å². The molecule has 1 aromatic carbocycles. The fourth-order valence-corrected chi connectivity index (χ4v) is 2.87. The highest BCUT2D eigenvalue weighted by Crippen LogP contribution is 2.24. The molecule has 154 valence electrons. The Hall–Kier alpha value is -3.29. The summed E-state index contributed by atoms with van der Waals surface area (Å²) in [7, 11) is 0. The first kappa shape index (κ1) is 20.4. The Morgan fingerprint density at radius 1 is 1.21 bits per heavy atom. The molecular weight excluding hydrogens is 372 g/mol. The van der Waals surface area contributed by atoms with E-state index in [1.165, 1.54) is 0 Å². The van der Waals surface area contributed by atoms with Gasteiger partial charge in [-0.25, -0.2) is 9.59 Å². The number of benzene rings is 1. The molecule has 1 atom stereocenters. The Labute approximate surface area is 170 Å². The molecule has 2 heterocycles. The summed E-state index contributed by atoms with van der Waals surface area (Å²) in [5.74, 6) is 0. The smallest absolute Gasteiger partial charge is 0.412 e. The molecule has 3 rings (SSSR count). The van der Waals surface area contributed by atoms with E-state index in [0.717, 1.165) is 16.9 Å². The van der Waals surface area contributed by atoms with E-state index < -0.39 is 17.8 Å². The molecule has 0 saturated carbocycles. The minimum absolute atomic E-state index is 0.136. The Bertz CT molecular complexity index is 865. The molecule has 2 aromatic rings. The topological polar surface area (TPSA) is 102 Å². The number of ether oxygens (including phenoxy) is 2. The van der Waals surface area contributed by atoms with Crippen LogP contribution in [0.4, 0.5) is 21.0 Å². The molecule has 1 aromatic heterocycles. The molecule has 8 nitrogen and oxygen atoms in total. The molecule has 0 fully saturated rings. The number of amides is 2. The van der Waals surface area contributed by atoms with Gasteiger partial charge in [-0.1, -0.05) is 30.3 Å². The van der Waals surface area contributed by atoms with Gasteiger partial charge in [0, 0.05) is 13.0 Å². The van der Waals surface area contributed by atoms with Gasteiger partial charge in [0.05, 0.1) is 29.3 Å². The van der Waals surface area contributed by atoms with Crippen molar-refractivity contribution in [3.8, 4) is 0 Å². The van der Waals surface area contributed by atoms with E-state index in [9.17, 15) is 9.59 Å². The summed E-state index contributed by atoms with van der Waals surface area (Å²) in [6.45, 7) is 6.16. The van der Waals surface area contributed by atoms with E-state index in [4.69, 9.17) is 9.47 Å². The summed E-state index contributed by atoms with van der Waals surface area (Å²) >= 11 is 0. The number of rotatable bonds is 4. The van der Waals surface area contributed by atoms with Crippen molar-refractivity contribution in [2.24, 2.45) is 0 Å². The minimum Gasteiger partial charge on any atom is -0.445 e. The second kappa shape index (κ2) is 8.81. The van der Waals surface area contributed by atoms with Gasteiger partial charge in [0.2, 0.25) is 0 Å². The van der Waals surface area contributed by atoms with Crippen LogP contribution in [0.3, 0.4) is 0 Å². The molecule has 0 unspecified atom stereocenters. The van der Waals surface area contributed by atoms with Crippen molar-refractivity contribution in [1.82, 2.24) is 10.3 Å². The van der Waals surface area contributed by atoms with E-state index >= 15 is 0 Å². The van der Waals surface area contributed by atoms with E-state index in [2.05, 4.69) is 20.9 Å². The molecule has 2 amide bonds. The normalized spacial score (nSPS) is 15.5. The van der Waals surface area contributed by atoms with Crippen molar-refractivity contribution in [3.05, 3.63) is 53.9 Å². The van der Waals surface area contributed by atoms with E-state index in [-0.39, 0.29) is 12.6 Å². The lowest BCUT2D eigenvalue weighted by molar-refractivity contribution is 0.0635. The van der Waals surface area contributed by atoms with Gasteiger partial charge < -0.3 is 20.1 Å². The van der Waals surface area contributed by atoms with Crippen molar-refractivity contribution in [2.45, 2.75) is 45.4 Å². The molecule has 1 aliphatic rings. The van der Waals surface area contributed by atoms with Gasteiger partial charge in [0.1, 0.15) is 12.2 Å². The predicted molar refractivity (Wildman–Crippen MR) is 110 cm³/mol. The average Bonchev–Trinajstić information content (AvgIpc) is 2.66. The first-order valence-corrected chi connectivity index (χ1v) is 9.48. The lowest BCUT2D eigenvalue weighted by atomic mass is 10.0. The Morgan fingerprint density at radius 3 is 2.69 bits per heavy atom. The predicted octanol–water partition coefficient (Wildman–Crippen LogP) is 3.69. The van der Waals surface area contributed by atoms with Crippen molar-refractivity contribution in [1.29, 1.82) is 0 Å². The van der Waals surface area contributed by atoms with Crippen molar-refractivity contribution in [3.63, 3.8) is 0 Å². The maximum Gasteiger partial charge on any atom is 0.412 e. The second-order valence-corrected chi connectivity index (χ2v) is 7.83. The summed E-state index contributed by atoms with van der Waals surface area (Å²) in [4.78, 5) is 28.3. The number of anilines is 2. The molecule has 0 radical (unpaired) electrons. The molecule has 8 heteroatoms. The molecule has 29 heavy (non-hydrogen) atoms. The van der Waals surface area contributed by atoms with Crippen LogP contribution in [0.2, 0.25) is 0 Å².